The van der Waals surface area contributed by atoms with E-state index in [1.54, 1.807) is 55.6 Å². The molecule has 0 atom stereocenters. The minimum atomic E-state index is -0.481. The topological polar surface area (TPSA) is 99.5 Å². The van der Waals surface area contributed by atoms with Gasteiger partial charge in [0.15, 0.2) is 0 Å². The molecule has 1 amide bonds. The number of carbonyl (C=O) groups excluding carboxylic acids is 2. The zero-order valence-corrected chi connectivity index (χ0v) is 18.1. The number of amides is 1. The number of rotatable bonds is 6. The number of ether oxygens (including phenoxy) is 2. The van der Waals surface area contributed by atoms with Crippen molar-refractivity contribution in [3.8, 4) is 11.4 Å². The normalized spacial score (nSPS) is 10.6. The van der Waals surface area contributed by atoms with Crippen LogP contribution in [0.5, 0.6) is 5.75 Å². The number of nitrogens with one attached hydrogen (secondary N) is 1. The van der Waals surface area contributed by atoms with E-state index in [0.717, 1.165) is 0 Å². The Morgan fingerprint density at radius 3 is 2.24 bits per heavy atom. The molecule has 0 radical (unpaired) electrons. The minimum Gasteiger partial charge on any atom is -0.497 e. The maximum atomic E-state index is 13.3. The van der Waals surface area contributed by atoms with E-state index in [1.807, 2.05) is 0 Å². The fourth-order valence-electron chi connectivity index (χ4n) is 3.43. The van der Waals surface area contributed by atoms with E-state index in [-0.39, 0.29) is 18.0 Å². The first-order valence-corrected chi connectivity index (χ1v) is 10.1. The SMILES string of the molecule is COC(=O)c1ccc(C(=O)NCc2nc3ccccc3c(=O)n2-c2ccc(OC)cc2)cc1. The second kappa shape index (κ2) is 9.35. The number of nitrogens with zero attached hydrogens (tertiary/aromatic N) is 2. The predicted octanol–water partition coefficient (Wildman–Crippen LogP) is 3.11. The number of benzene rings is 3. The average Bonchev–Trinajstić information content (AvgIpc) is 2.87. The lowest BCUT2D eigenvalue weighted by atomic mass is 10.1. The van der Waals surface area contributed by atoms with Gasteiger partial charge >= 0.3 is 5.97 Å². The van der Waals surface area contributed by atoms with Gasteiger partial charge in [0.05, 0.1) is 42.9 Å². The lowest BCUT2D eigenvalue weighted by Crippen LogP contribution is -2.30. The van der Waals surface area contributed by atoms with Crippen LogP contribution in [0.1, 0.15) is 26.5 Å². The molecule has 0 aliphatic heterocycles. The van der Waals surface area contributed by atoms with Gasteiger partial charge in [-0.05, 0) is 60.7 Å². The summed E-state index contributed by atoms with van der Waals surface area (Å²) in [6.45, 7) is 0.0175. The fourth-order valence-corrected chi connectivity index (χ4v) is 3.43. The second-order valence-electron chi connectivity index (χ2n) is 7.14. The molecule has 33 heavy (non-hydrogen) atoms. The Morgan fingerprint density at radius 2 is 1.58 bits per heavy atom. The van der Waals surface area contributed by atoms with E-state index in [4.69, 9.17) is 4.74 Å². The van der Waals surface area contributed by atoms with Crippen LogP contribution in [-0.2, 0) is 11.3 Å². The monoisotopic (exact) mass is 443 g/mol. The summed E-state index contributed by atoms with van der Waals surface area (Å²) in [5, 5.41) is 3.27. The summed E-state index contributed by atoms with van der Waals surface area (Å²) in [6, 6.07) is 20.2. The highest BCUT2D eigenvalue weighted by atomic mass is 16.5. The summed E-state index contributed by atoms with van der Waals surface area (Å²) in [6.07, 6.45) is 0. The molecule has 0 aliphatic carbocycles. The maximum absolute atomic E-state index is 13.3. The van der Waals surface area contributed by atoms with Crippen LogP contribution in [0.15, 0.2) is 77.6 Å². The van der Waals surface area contributed by atoms with E-state index in [2.05, 4.69) is 15.0 Å². The molecule has 4 aromatic rings. The molecule has 0 spiro atoms. The molecule has 1 N–H and O–H groups in total. The summed E-state index contributed by atoms with van der Waals surface area (Å²) in [7, 11) is 2.86. The Kier molecular flexibility index (Phi) is 6.17. The first-order chi connectivity index (χ1) is 16.0. The van der Waals surface area contributed by atoms with E-state index in [9.17, 15) is 14.4 Å². The third-order valence-electron chi connectivity index (χ3n) is 5.15. The Balaban J connectivity index is 1.67. The summed E-state index contributed by atoms with van der Waals surface area (Å²) in [4.78, 5) is 42.2. The van der Waals surface area contributed by atoms with Crippen LogP contribution in [0, 0.1) is 0 Å². The second-order valence-corrected chi connectivity index (χ2v) is 7.14. The zero-order chi connectivity index (χ0) is 23.4. The molecule has 166 valence electrons. The van der Waals surface area contributed by atoms with Crippen molar-refractivity contribution in [1.82, 2.24) is 14.9 Å². The number of hydrogen-bond acceptors (Lipinski definition) is 6. The van der Waals surface area contributed by atoms with Crippen molar-refractivity contribution in [2.45, 2.75) is 6.54 Å². The lowest BCUT2D eigenvalue weighted by molar-refractivity contribution is 0.0600. The zero-order valence-electron chi connectivity index (χ0n) is 18.1. The van der Waals surface area contributed by atoms with Crippen molar-refractivity contribution in [3.05, 3.63) is 100 Å². The van der Waals surface area contributed by atoms with Gasteiger partial charge in [-0.2, -0.15) is 0 Å². The van der Waals surface area contributed by atoms with Crippen LogP contribution in [0.3, 0.4) is 0 Å². The molecule has 0 fully saturated rings. The largest absolute Gasteiger partial charge is 0.497 e. The number of fused-ring (bicyclic) bond motifs is 1. The van der Waals surface area contributed by atoms with Crippen molar-refractivity contribution in [2.75, 3.05) is 14.2 Å². The molecule has 1 aromatic heterocycles. The number of aromatic nitrogens is 2. The number of esters is 1. The highest BCUT2D eigenvalue weighted by Crippen LogP contribution is 2.17. The van der Waals surface area contributed by atoms with Crippen LogP contribution < -0.4 is 15.6 Å². The van der Waals surface area contributed by atoms with Crippen molar-refractivity contribution >= 4 is 22.8 Å². The number of hydrogen-bond donors (Lipinski definition) is 1. The van der Waals surface area contributed by atoms with Crippen LogP contribution in [0.25, 0.3) is 16.6 Å². The molecule has 0 saturated heterocycles. The minimum absolute atomic E-state index is 0.0175. The number of carbonyl (C=O) groups is 2. The Bertz CT molecular complexity index is 1380. The highest BCUT2D eigenvalue weighted by Gasteiger charge is 2.15. The van der Waals surface area contributed by atoms with Crippen LogP contribution in [0.4, 0.5) is 0 Å². The van der Waals surface area contributed by atoms with E-state index in [1.165, 1.54) is 35.9 Å². The predicted molar refractivity (Wildman–Crippen MR) is 123 cm³/mol. The Morgan fingerprint density at radius 1 is 0.909 bits per heavy atom. The summed E-state index contributed by atoms with van der Waals surface area (Å²) >= 11 is 0. The molecule has 1 heterocycles. The fraction of sp³-hybridized carbons (Fsp3) is 0.120. The summed E-state index contributed by atoms with van der Waals surface area (Å²) in [5.74, 6) is 0.190. The van der Waals surface area contributed by atoms with Gasteiger partial charge in [0.2, 0.25) is 0 Å². The first-order valence-electron chi connectivity index (χ1n) is 10.1. The molecule has 8 nitrogen and oxygen atoms in total. The van der Waals surface area contributed by atoms with Gasteiger partial charge in [-0.15, -0.1) is 0 Å². The molecule has 0 bridgehead atoms. The van der Waals surface area contributed by atoms with Crippen molar-refractivity contribution in [3.63, 3.8) is 0 Å². The van der Waals surface area contributed by atoms with Gasteiger partial charge in [-0.25, -0.2) is 9.78 Å². The van der Waals surface area contributed by atoms with Gasteiger partial charge in [-0.3, -0.25) is 14.2 Å². The van der Waals surface area contributed by atoms with E-state index in [0.29, 0.717) is 39.3 Å². The van der Waals surface area contributed by atoms with Crippen LogP contribution >= 0.6 is 0 Å². The molecule has 4 rings (SSSR count). The van der Waals surface area contributed by atoms with Crippen molar-refractivity contribution < 1.29 is 19.1 Å². The smallest absolute Gasteiger partial charge is 0.337 e. The van der Waals surface area contributed by atoms with E-state index >= 15 is 0 Å². The molecule has 0 saturated carbocycles. The third-order valence-corrected chi connectivity index (χ3v) is 5.15. The average molecular weight is 443 g/mol. The van der Waals surface area contributed by atoms with E-state index < -0.39 is 5.97 Å². The van der Waals surface area contributed by atoms with Crippen molar-refractivity contribution in [1.29, 1.82) is 0 Å². The van der Waals surface area contributed by atoms with Crippen molar-refractivity contribution in [2.24, 2.45) is 0 Å². The molecule has 8 heteroatoms. The standard InChI is InChI=1S/C25H21N3O5/c1-32-19-13-11-18(12-14-19)28-22(27-21-6-4-3-5-20(21)24(28)30)15-26-23(29)16-7-9-17(10-8-16)25(31)33-2/h3-14H,15H2,1-2H3,(H,26,29). The molecule has 0 aliphatic rings. The van der Waals surface area contributed by atoms with Gasteiger partial charge in [0, 0.05) is 5.56 Å². The maximum Gasteiger partial charge on any atom is 0.337 e. The lowest BCUT2D eigenvalue weighted by Gasteiger charge is -2.15. The molecule has 0 unspecified atom stereocenters. The molecular formula is C25H21N3O5. The third kappa shape index (κ3) is 4.45. The van der Waals surface area contributed by atoms with Gasteiger partial charge in [-0.1, -0.05) is 12.1 Å². The Hall–Kier alpha value is -4.46. The highest BCUT2D eigenvalue weighted by molar-refractivity contribution is 5.96. The quantitative estimate of drug-likeness (QED) is 0.460. The molecule has 3 aromatic carbocycles. The number of methoxy groups -OCH3 is 2. The number of para-hydroxylation sites is 1. The first kappa shape index (κ1) is 21.8. The summed E-state index contributed by atoms with van der Waals surface area (Å²) in [5.41, 5.74) is 1.61. The van der Waals surface area contributed by atoms with Gasteiger partial charge in [0.25, 0.3) is 11.5 Å². The van der Waals surface area contributed by atoms with Gasteiger partial charge < -0.3 is 14.8 Å². The van der Waals surface area contributed by atoms with Crippen LogP contribution in [0.2, 0.25) is 0 Å². The Labute approximate surface area is 189 Å². The van der Waals surface area contributed by atoms with Crippen LogP contribution in [-0.4, -0.2) is 35.6 Å². The summed E-state index contributed by atoms with van der Waals surface area (Å²) < 4.78 is 11.3. The van der Waals surface area contributed by atoms with Gasteiger partial charge in [0.1, 0.15) is 11.6 Å². The molecular weight excluding hydrogens is 422 g/mol.